The summed E-state index contributed by atoms with van der Waals surface area (Å²) in [5.41, 5.74) is -1.64. The number of esters is 1. The smallest absolute Gasteiger partial charge is 0.351 e. The van der Waals surface area contributed by atoms with Crippen molar-refractivity contribution in [3.05, 3.63) is 0 Å². The fourth-order valence-corrected chi connectivity index (χ4v) is 3.73. The molecule has 0 radical (unpaired) electrons. The zero-order valence-electron chi connectivity index (χ0n) is 14.1. The van der Waals surface area contributed by atoms with E-state index in [1.54, 1.807) is 6.92 Å². The van der Waals surface area contributed by atoms with E-state index in [0.717, 1.165) is 45.2 Å². The minimum absolute atomic E-state index is 0.105. The molecule has 3 saturated heterocycles. The van der Waals surface area contributed by atoms with Crippen LogP contribution in [0.1, 0.15) is 59.3 Å². The average molecular weight is 307 g/mol. The van der Waals surface area contributed by atoms with E-state index in [0.29, 0.717) is 12.3 Å². The molecule has 22 heavy (non-hydrogen) atoms. The molecule has 0 aromatic rings. The molecular formula is C18H29NO3. The van der Waals surface area contributed by atoms with Gasteiger partial charge in [-0.3, -0.25) is 4.90 Å². The zero-order chi connectivity index (χ0) is 16.2. The standard InChI is InChI=1S/C18H29NO3/c1-4-6-7-11-18(21,10-5-2)17(20)22-16-14(3)19-12-8-15(16)9-13-19/h14-16,21H,4,6-9,11-13H2,1-3H3. The molecule has 3 unspecified atom stereocenters. The first-order valence-electron chi connectivity index (χ1n) is 8.63. The van der Waals surface area contributed by atoms with Crippen molar-refractivity contribution in [2.75, 3.05) is 13.1 Å². The van der Waals surface area contributed by atoms with E-state index >= 15 is 0 Å². The number of ether oxygens (including phenoxy) is 1. The Bertz CT molecular complexity index is 443. The maximum Gasteiger partial charge on any atom is 0.351 e. The fourth-order valence-electron chi connectivity index (χ4n) is 3.73. The molecule has 3 aliphatic rings. The van der Waals surface area contributed by atoms with Crippen LogP contribution in [0.25, 0.3) is 0 Å². The Hall–Kier alpha value is -1.05. The van der Waals surface area contributed by atoms with E-state index in [-0.39, 0.29) is 12.1 Å². The van der Waals surface area contributed by atoms with E-state index in [1.165, 1.54) is 0 Å². The number of fused-ring (bicyclic) bond motifs is 3. The van der Waals surface area contributed by atoms with Gasteiger partial charge < -0.3 is 9.84 Å². The van der Waals surface area contributed by atoms with Gasteiger partial charge >= 0.3 is 5.97 Å². The molecule has 2 bridgehead atoms. The van der Waals surface area contributed by atoms with Crippen LogP contribution in [0.15, 0.2) is 0 Å². The molecule has 1 N–H and O–H groups in total. The first-order valence-corrected chi connectivity index (χ1v) is 8.63. The van der Waals surface area contributed by atoms with Gasteiger partial charge in [-0.05, 0) is 58.5 Å². The van der Waals surface area contributed by atoms with Gasteiger partial charge in [-0.25, -0.2) is 4.79 Å². The van der Waals surface area contributed by atoms with Crippen molar-refractivity contribution in [2.24, 2.45) is 5.92 Å². The average Bonchev–Trinajstić information content (AvgIpc) is 2.51. The van der Waals surface area contributed by atoms with Crippen molar-refractivity contribution in [1.82, 2.24) is 4.90 Å². The molecule has 0 saturated carbocycles. The number of unbranched alkanes of at least 4 members (excludes halogenated alkanes) is 2. The molecule has 3 aliphatic heterocycles. The Morgan fingerprint density at radius 3 is 2.59 bits per heavy atom. The Balaban J connectivity index is 2.02. The van der Waals surface area contributed by atoms with Crippen LogP contribution in [-0.4, -0.2) is 46.8 Å². The van der Waals surface area contributed by atoms with Crippen molar-refractivity contribution in [3.8, 4) is 11.8 Å². The maximum atomic E-state index is 12.5. The fraction of sp³-hybridized carbons (Fsp3) is 0.833. The van der Waals surface area contributed by atoms with Crippen molar-refractivity contribution in [3.63, 3.8) is 0 Å². The number of aliphatic hydroxyl groups is 1. The predicted molar refractivity (Wildman–Crippen MR) is 86.2 cm³/mol. The highest BCUT2D eigenvalue weighted by Gasteiger charge is 2.45. The van der Waals surface area contributed by atoms with E-state index < -0.39 is 11.6 Å². The van der Waals surface area contributed by atoms with Crippen molar-refractivity contribution in [1.29, 1.82) is 0 Å². The van der Waals surface area contributed by atoms with Gasteiger partial charge in [0.15, 0.2) is 0 Å². The molecule has 0 aromatic heterocycles. The number of hydrogen-bond acceptors (Lipinski definition) is 4. The summed E-state index contributed by atoms with van der Waals surface area (Å²) in [4.78, 5) is 14.9. The second-order valence-corrected chi connectivity index (χ2v) is 6.68. The SMILES string of the molecule is CC#CC(O)(CCCCC)C(=O)OC1C2CCN(CC2)C1C. The van der Waals surface area contributed by atoms with Gasteiger partial charge in [-0.2, -0.15) is 0 Å². The molecule has 3 fully saturated rings. The van der Waals surface area contributed by atoms with Gasteiger partial charge in [0.25, 0.3) is 0 Å². The largest absolute Gasteiger partial charge is 0.458 e. The monoisotopic (exact) mass is 307 g/mol. The summed E-state index contributed by atoms with van der Waals surface area (Å²) in [7, 11) is 0. The van der Waals surface area contributed by atoms with E-state index in [4.69, 9.17) is 4.74 Å². The summed E-state index contributed by atoms with van der Waals surface area (Å²) in [6.07, 6.45) is 5.22. The van der Waals surface area contributed by atoms with Crippen LogP contribution in [0.2, 0.25) is 0 Å². The number of carbonyl (C=O) groups excluding carboxylic acids is 1. The molecule has 4 heteroatoms. The van der Waals surface area contributed by atoms with Crippen molar-refractivity contribution >= 4 is 5.97 Å². The van der Waals surface area contributed by atoms with E-state index in [1.807, 2.05) is 0 Å². The number of piperidine rings is 3. The van der Waals surface area contributed by atoms with Gasteiger partial charge in [-0.1, -0.05) is 25.7 Å². The summed E-state index contributed by atoms with van der Waals surface area (Å²) in [5, 5.41) is 10.6. The second kappa shape index (κ2) is 7.48. The first-order chi connectivity index (χ1) is 10.5. The van der Waals surface area contributed by atoms with Crippen LogP contribution in [0.4, 0.5) is 0 Å². The second-order valence-electron chi connectivity index (χ2n) is 6.68. The summed E-state index contributed by atoms with van der Waals surface area (Å²) in [6.45, 7) is 8.04. The lowest BCUT2D eigenvalue weighted by Gasteiger charge is -2.49. The summed E-state index contributed by atoms with van der Waals surface area (Å²) in [5.74, 6) is 5.25. The Labute approximate surface area is 134 Å². The molecule has 4 nitrogen and oxygen atoms in total. The van der Waals surface area contributed by atoms with Gasteiger partial charge in [-0.15, -0.1) is 5.92 Å². The Morgan fingerprint density at radius 2 is 2.05 bits per heavy atom. The third kappa shape index (κ3) is 3.64. The number of hydrogen-bond donors (Lipinski definition) is 1. The normalized spacial score (nSPS) is 32.7. The molecule has 0 aromatic carbocycles. The van der Waals surface area contributed by atoms with Crippen LogP contribution in [0, 0.1) is 17.8 Å². The molecule has 3 heterocycles. The quantitative estimate of drug-likeness (QED) is 0.465. The number of rotatable bonds is 6. The lowest BCUT2D eigenvalue weighted by Crippen LogP contribution is -2.59. The number of nitrogens with zero attached hydrogens (tertiary/aromatic N) is 1. The van der Waals surface area contributed by atoms with Crippen LogP contribution in [0.5, 0.6) is 0 Å². The zero-order valence-corrected chi connectivity index (χ0v) is 14.1. The van der Waals surface area contributed by atoms with Gasteiger partial charge in [0.05, 0.1) is 0 Å². The summed E-state index contributed by atoms with van der Waals surface area (Å²) >= 11 is 0. The third-order valence-electron chi connectivity index (χ3n) is 5.14. The minimum atomic E-state index is -1.64. The molecule has 0 aliphatic carbocycles. The van der Waals surface area contributed by atoms with E-state index in [9.17, 15) is 9.90 Å². The highest BCUT2D eigenvalue weighted by molar-refractivity contribution is 5.83. The lowest BCUT2D eigenvalue weighted by atomic mass is 9.81. The Kier molecular flexibility index (Phi) is 5.88. The predicted octanol–water partition coefficient (Wildman–Crippen LogP) is 2.35. The topological polar surface area (TPSA) is 49.8 Å². The van der Waals surface area contributed by atoms with Crippen molar-refractivity contribution < 1.29 is 14.6 Å². The summed E-state index contributed by atoms with van der Waals surface area (Å²) in [6, 6.07) is 0.242. The number of carbonyl (C=O) groups is 1. The molecule has 0 spiro atoms. The lowest BCUT2D eigenvalue weighted by molar-refractivity contribution is -0.180. The third-order valence-corrected chi connectivity index (χ3v) is 5.14. The van der Waals surface area contributed by atoms with Crippen molar-refractivity contribution in [2.45, 2.75) is 77.0 Å². The van der Waals surface area contributed by atoms with Gasteiger partial charge in [0.1, 0.15) is 6.10 Å². The van der Waals surface area contributed by atoms with Gasteiger partial charge in [0.2, 0.25) is 5.60 Å². The first kappa shape index (κ1) is 17.3. The van der Waals surface area contributed by atoms with Crippen LogP contribution >= 0.6 is 0 Å². The van der Waals surface area contributed by atoms with Crippen LogP contribution < -0.4 is 0 Å². The highest BCUT2D eigenvalue weighted by Crippen LogP contribution is 2.35. The molecule has 3 rings (SSSR count). The minimum Gasteiger partial charge on any atom is -0.458 e. The Morgan fingerprint density at radius 1 is 1.36 bits per heavy atom. The molecular weight excluding hydrogens is 278 g/mol. The molecule has 0 amide bonds. The molecule has 3 atom stereocenters. The van der Waals surface area contributed by atoms with Crippen LogP contribution in [0.3, 0.4) is 0 Å². The maximum absolute atomic E-state index is 12.5. The van der Waals surface area contributed by atoms with Crippen LogP contribution in [-0.2, 0) is 9.53 Å². The summed E-state index contributed by atoms with van der Waals surface area (Å²) < 4.78 is 5.75. The highest BCUT2D eigenvalue weighted by atomic mass is 16.6. The van der Waals surface area contributed by atoms with Gasteiger partial charge in [0, 0.05) is 6.04 Å². The molecule has 124 valence electrons. The van der Waals surface area contributed by atoms with E-state index in [2.05, 4.69) is 30.6 Å².